The molecule has 2 aliphatic rings. The average molecular weight is 440 g/mol. The molecule has 0 N–H and O–H groups in total. The molecule has 0 amide bonds. The van der Waals surface area contributed by atoms with Crippen LogP contribution in [-0.2, 0) is 19.5 Å². The first-order valence-electron chi connectivity index (χ1n) is 11.2. The smallest absolute Gasteiger partial charge is 0.262 e. The standard InChI is InChI=1S/C22H29N7OS/c1-2-26-10-5-18-17(15-26)19-20(31-18)25-16-29(21(19)30)9-4-8-27-11-13-28(14-12-27)22-23-6-3-7-24-22/h3,6-7,16H,2,4-5,8-15H2,1H3. The quantitative estimate of drug-likeness (QED) is 0.580. The van der Waals surface area contributed by atoms with Gasteiger partial charge in [0, 0.05) is 63.1 Å². The summed E-state index contributed by atoms with van der Waals surface area (Å²) in [7, 11) is 0. The summed E-state index contributed by atoms with van der Waals surface area (Å²) in [6.07, 6.45) is 7.31. The summed E-state index contributed by atoms with van der Waals surface area (Å²) in [5.74, 6) is 0.814. The first-order valence-corrected chi connectivity index (χ1v) is 12.0. The number of piperazine rings is 1. The van der Waals surface area contributed by atoms with E-state index in [1.54, 1.807) is 30.1 Å². The minimum absolute atomic E-state index is 0.131. The number of aryl methyl sites for hydroxylation is 1. The number of hydrogen-bond donors (Lipinski definition) is 0. The van der Waals surface area contributed by atoms with E-state index in [9.17, 15) is 4.79 Å². The fourth-order valence-corrected chi connectivity index (χ4v) is 5.71. The maximum Gasteiger partial charge on any atom is 0.262 e. The number of likely N-dealkylation sites (N-methyl/N-ethyl adjacent to an activating group) is 1. The number of rotatable bonds is 6. The van der Waals surface area contributed by atoms with Gasteiger partial charge in [-0.1, -0.05) is 6.92 Å². The highest BCUT2D eigenvalue weighted by atomic mass is 32.1. The van der Waals surface area contributed by atoms with Gasteiger partial charge in [0.25, 0.3) is 5.56 Å². The van der Waals surface area contributed by atoms with E-state index in [4.69, 9.17) is 0 Å². The van der Waals surface area contributed by atoms with Crippen LogP contribution in [0.3, 0.4) is 0 Å². The molecule has 8 nitrogen and oxygen atoms in total. The van der Waals surface area contributed by atoms with Gasteiger partial charge in [-0.25, -0.2) is 15.0 Å². The maximum atomic E-state index is 13.2. The van der Waals surface area contributed by atoms with E-state index in [1.807, 2.05) is 10.6 Å². The Morgan fingerprint density at radius 2 is 1.81 bits per heavy atom. The molecule has 0 aromatic carbocycles. The molecule has 0 bridgehead atoms. The van der Waals surface area contributed by atoms with Crippen LogP contribution in [0.15, 0.2) is 29.6 Å². The summed E-state index contributed by atoms with van der Waals surface area (Å²) in [6.45, 7) is 10.7. The third-order valence-corrected chi connectivity index (χ3v) is 7.63. The highest BCUT2D eigenvalue weighted by Gasteiger charge is 2.23. The van der Waals surface area contributed by atoms with Gasteiger partial charge >= 0.3 is 0 Å². The molecule has 5 rings (SSSR count). The zero-order valence-electron chi connectivity index (χ0n) is 18.0. The third-order valence-electron chi connectivity index (χ3n) is 6.43. The molecule has 0 radical (unpaired) electrons. The van der Waals surface area contributed by atoms with Crippen LogP contribution in [0, 0.1) is 0 Å². The van der Waals surface area contributed by atoms with Crippen molar-refractivity contribution in [3.63, 3.8) is 0 Å². The summed E-state index contributed by atoms with van der Waals surface area (Å²) in [6, 6.07) is 1.85. The van der Waals surface area contributed by atoms with E-state index in [0.29, 0.717) is 6.54 Å². The third kappa shape index (κ3) is 4.22. The minimum Gasteiger partial charge on any atom is -0.338 e. The van der Waals surface area contributed by atoms with Crippen molar-refractivity contribution in [3.8, 4) is 0 Å². The number of fused-ring (bicyclic) bond motifs is 3. The monoisotopic (exact) mass is 439 g/mol. The lowest BCUT2D eigenvalue weighted by atomic mass is 10.1. The molecule has 31 heavy (non-hydrogen) atoms. The molecule has 1 fully saturated rings. The fraction of sp³-hybridized carbons (Fsp3) is 0.545. The number of nitrogens with zero attached hydrogens (tertiary/aromatic N) is 7. The predicted molar refractivity (Wildman–Crippen MR) is 124 cm³/mol. The van der Waals surface area contributed by atoms with Crippen molar-refractivity contribution in [3.05, 3.63) is 45.6 Å². The topological polar surface area (TPSA) is 70.4 Å². The van der Waals surface area contributed by atoms with E-state index in [-0.39, 0.29) is 5.56 Å². The second kappa shape index (κ2) is 9.02. The lowest BCUT2D eigenvalue weighted by Crippen LogP contribution is -2.47. The maximum absolute atomic E-state index is 13.2. The second-order valence-corrected chi connectivity index (χ2v) is 9.36. The van der Waals surface area contributed by atoms with Gasteiger partial charge in [0.05, 0.1) is 11.7 Å². The highest BCUT2D eigenvalue weighted by Crippen LogP contribution is 2.32. The number of anilines is 1. The van der Waals surface area contributed by atoms with E-state index >= 15 is 0 Å². The fourth-order valence-electron chi connectivity index (χ4n) is 4.58. The van der Waals surface area contributed by atoms with Gasteiger partial charge in [-0.15, -0.1) is 11.3 Å². The average Bonchev–Trinajstić information content (AvgIpc) is 3.20. The molecule has 1 saturated heterocycles. The molecule has 0 atom stereocenters. The molecule has 9 heteroatoms. The molecule has 0 saturated carbocycles. The van der Waals surface area contributed by atoms with Crippen molar-refractivity contribution in [1.29, 1.82) is 0 Å². The summed E-state index contributed by atoms with van der Waals surface area (Å²) < 4.78 is 1.81. The molecular weight excluding hydrogens is 410 g/mol. The van der Waals surface area contributed by atoms with Crippen molar-refractivity contribution in [2.75, 3.05) is 50.7 Å². The molecular formula is C22H29N7OS. The van der Waals surface area contributed by atoms with Gasteiger partial charge in [-0.3, -0.25) is 19.2 Å². The Morgan fingerprint density at radius 1 is 1.00 bits per heavy atom. The van der Waals surface area contributed by atoms with Crippen LogP contribution < -0.4 is 10.5 Å². The molecule has 0 spiro atoms. The molecule has 3 aromatic rings. The zero-order chi connectivity index (χ0) is 21.2. The highest BCUT2D eigenvalue weighted by molar-refractivity contribution is 7.18. The van der Waals surface area contributed by atoms with Gasteiger partial charge in [0.2, 0.25) is 5.95 Å². The first-order chi connectivity index (χ1) is 15.2. The van der Waals surface area contributed by atoms with Crippen molar-refractivity contribution in [2.45, 2.75) is 32.9 Å². The van der Waals surface area contributed by atoms with Gasteiger partial charge in [0.1, 0.15) is 4.83 Å². The summed E-state index contributed by atoms with van der Waals surface area (Å²) >= 11 is 1.71. The van der Waals surface area contributed by atoms with Crippen LogP contribution in [0.1, 0.15) is 23.8 Å². The Hall–Kier alpha value is -2.36. The molecule has 3 aromatic heterocycles. The molecule has 0 unspecified atom stereocenters. The zero-order valence-corrected chi connectivity index (χ0v) is 18.9. The second-order valence-electron chi connectivity index (χ2n) is 8.28. The Kier molecular flexibility index (Phi) is 5.97. The van der Waals surface area contributed by atoms with E-state index in [1.165, 1.54) is 10.4 Å². The van der Waals surface area contributed by atoms with Crippen molar-refractivity contribution < 1.29 is 0 Å². The Morgan fingerprint density at radius 3 is 2.58 bits per heavy atom. The lowest BCUT2D eigenvalue weighted by Gasteiger charge is -2.34. The largest absolute Gasteiger partial charge is 0.338 e. The molecule has 2 aliphatic heterocycles. The minimum atomic E-state index is 0.131. The molecule has 5 heterocycles. The van der Waals surface area contributed by atoms with Gasteiger partial charge in [0.15, 0.2) is 0 Å². The van der Waals surface area contributed by atoms with Crippen molar-refractivity contribution >= 4 is 27.5 Å². The molecule has 0 aliphatic carbocycles. The van der Waals surface area contributed by atoms with E-state index in [2.05, 4.69) is 36.6 Å². The molecule has 164 valence electrons. The Balaban J connectivity index is 1.20. The predicted octanol–water partition coefficient (Wildman–Crippen LogP) is 1.84. The van der Waals surface area contributed by atoms with Crippen LogP contribution in [0.5, 0.6) is 0 Å². The number of aromatic nitrogens is 4. The Bertz CT molecular complexity index is 1090. The van der Waals surface area contributed by atoms with Crippen LogP contribution in [-0.4, -0.2) is 75.1 Å². The van der Waals surface area contributed by atoms with E-state index < -0.39 is 0 Å². The van der Waals surface area contributed by atoms with Gasteiger partial charge in [-0.2, -0.15) is 0 Å². The van der Waals surface area contributed by atoms with Crippen molar-refractivity contribution in [1.82, 2.24) is 29.3 Å². The normalized spacial score (nSPS) is 17.9. The summed E-state index contributed by atoms with van der Waals surface area (Å²) in [5.41, 5.74) is 1.35. The number of hydrogen-bond acceptors (Lipinski definition) is 8. The van der Waals surface area contributed by atoms with Crippen LogP contribution >= 0.6 is 11.3 Å². The first kappa shape index (κ1) is 20.5. The van der Waals surface area contributed by atoms with Crippen LogP contribution in [0.25, 0.3) is 10.2 Å². The number of thiophene rings is 1. The van der Waals surface area contributed by atoms with Crippen LogP contribution in [0.2, 0.25) is 0 Å². The van der Waals surface area contributed by atoms with Gasteiger partial charge in [-0.05, 0) is 37.6 Å². The SMILES string of the molecule is CCN1CCc2sc3ncn(CCCN4CCN(c5ncccn5)CC4)c(=O)c3c2C1. The van der Waals surface area contributed by atoms with E-state index in [0.717, 1.165) is 81.4 Å². The summed E-state index contributed by atoms with van der Waals surface area (Å²) in [4.78, 5) is 35.9. The van der Waals surface area contributed by atoms with Crippen LogP contribution in [0.4, 0.5) is 5.95 Å². The Labute approximate surface area is 186 Å². The van der Waals surface area contributed by atoms with Gasteiger partial charge < -0.3 is 4.90 Å². The lowest BCUT2D eigenvalue weighted by molar-refractivity contribution is 0.249. The summed E-state index contributed by atoms with van der Waals surface area (Å²) in [5, 5.41) is 0.858. The van der Waals surface area contributed by atoms with Crippen molar-refractivity contribution in [2.24, 2.45) is 0 Å².